The molecule has 2 N–H and O–H groups in total. The third-order valence-corrected chi connectivity index (χ3v) is 2.09. The van der Waals surface area contributed by atoms with Crippen LogP contribution < -0.4 is 10.6 Å². The first kappa shape index (κ1) is 12.6. The van der Waals surface area contributed by atoms with Crippen molar-refractivity contribution >= 4 is 5.91 Å². The Morgan fingerprint density at radius 2 is 2.25 bits per heavy atom. The van der Waals surface area contributed by atoms with Gasteiger partial charge < -0.3 is 10.6 Å². The van der Waals surface area contributed by atoms with Crippen molar-refractivity contribution in [3.05, 3.63) is 12.4 Å². The second-order valence-corrected chi connectivity index (χ2v) is 3.52. The van der Waals surface area contributed by atoms with E-state index in [9.17, 15) is 4.79 Å². The van der Waals surface area contributed by atoms with Crippen molar-refractivity contribution in [3.8, 4) is 0 Å². The third-order valence-electron chi connectivity index (χ3n) is 2.09. The van der Waals surface area contributed by atoms with Crippen LogP contribution in [0, 0.1) is 0 Å². The van der Waals surface area contributed by atoms with Gasteiger partial charge in [-0.1, -0.05) is 12.1 Å². The van der Waals surface area contributed by atoms with E-state index in [2.05, 4.69) is 27.9 Å². The van der Waals surface area contributed by atoms with Crippen LogP contribution in [0.3, 0.4) is 0 Å². The maximum Gasteiger partial charge on any atom is 0.221 e. The smallest absolute Gasteiger partial charge is 0.221 e. The molecular weight excluding hydrogens is 206 g/mol. The molecule has 1 rings (SSSR count). The Morgan fingerprint density at radius 3 is 2.94 bits per heavy atom. The van der Waals surface area contributed by atoms with Crippen LogP contribution in [0.15, 0.2) is 12.4 Å². The van der Waals surface area contributed by atoms with Gasteiger partial charge in [0.1, 0.15) is 0 Å². The van der Waals surface area contributed by atoms with Crippen molar-refractivity contribution in [2.75, 3.05) is 19.6 Å². The molecule has 1 aromatic rings. The summed E-state index contributed by atoms with van der Waals surface area (Å²) in [6.07, 6.45) is 4.90. The average molecular weight is 225 g/mol. The number of carbonyl (C=O) groups is 1. The minimum absolute atomic E-state index is 0.0498. The molecule has 0 fully saturated rings. The quantitative estimate of drug-likeness (QED) is 0.600. The molecule has 1 amide bonds. The summed E-state index contributed by atoms with van der Waals surface area (Å²) in [7, 11) is 0. The molecule has 0 unspecified atom stereocenters. The van der Waals surface area contributed by atoms with E-state index < -0.39 is 0 Å². The maximum atomic E-state index is 11.4. The third kappa shape index (κ3) is 5.45. The van der Waals surface area contributed by atoms with Crippen molar-refractivity contribution in [3.63, 3.8) is 0 Å². The van der Waals surface area contributed by atoms with Gasteiger partial charge in [0.15, 0.2) is 0 Å². The molecule has 0 aliphatic heterocycles. The van der Waals surface area contributed by atoms with Crippen LogP contribution in [-0.2, 0) is 11.3 Å². The predicted octanol–water partition coefficient (Wildman–Crippen LogP) is -0.216. The van der Waals surface area contributed by atoms with Crippen molar-refractivity contribution in [1.29, 1.82) is 0 Å². The van der Waals surface area contributed by atoms with E-state index in [4.69, 9.17) is 0 Å². The van der Waals surface area contributed by atoms with Gasteiger partial charge >= 0.3 is 0 Å². The molecule has 0 saturated heterocycles. The summed E-state index contributed by atoms with van der Waals surface area (Å²) < 4.78 is 1.65. The molecule has 1 aromatic heterocycles. The minimum atomic E-state index is 0.0498. The van der Waals surface area contributed by atoms with Crippen LogP contribution in [0.4, 0.5) is 0 Å². The van der Waals surface area contributed by atoms with Gasteiger partial charge in [-0.3, -0.25) is 9.48 Å². The lowest BCUT2D eigenvalue weighted by atomic mass is 10.4. The molecule has 0 spiro atoms. The molecule has 90 valence electrons. The number of hydrogen-bond donors (Lipinski definition) is 2. The van der Waals surface area contributed by atoms with Crippen LogP contribution >= 0.6 is 0 Å². The molecule has 0 bridgehead atoms. The Hall–Kier alpha value is -1.43. The number of rotatable bonds is 8. The van der Waals surface area contributed by atoms with Gasteiger partial charge in [0.25, 0.3) is 0 Å². The van der Waals surface area contributed by atoms with Gasteiger partial charge in [-0.25, -0.2) is 0 Å². The van der Waals surface area contributed by atoms with Crippen LogP contribution in [-0.4, -0.2) is 40.5 Å². The molecule has 0 saturated carbocycles. The van der Waals surface area contributed by atoms with Gasteiger partial charge in [0.05, 0.1) is 12.7 Å². The first-order valence-corrected chi connectivity index (χ1v) is 5.64. The lowest BCUT2D eigenvalue weighted by Crippen LogP contribution is -2.32. The first-order valence-electron chi connectivity index (χ1n) is 5.64. The monoisotopic (exact) mass is 225 g/mol. The van der Waals surface area contributed by atoms with Crippen LogP contribution in [0.5, 0.6) is 0 Å². The van der Waals surface area contributed by atoms with Gasteiger partial charge in [0.2, 0.25) is 5.91 Å². The van der Waals surface area contributed by atoms with Gasteiger partial charge in [-0.05, 0) is 13.0 Å². The molecule has 1 heterocycles. The van der Waals surface area contributed by atoms with E-state index in [1.807, 2.05) is 0 Å². The molecule has 0 radical (unpaired) electrons. The molecule has 0 aliphatic carbocycles. The molecule has 6 heteroatoms. The second-order valence-electron chi connectivity index (χ2n) is 3.52. The summed E-state index contributed by atoms with van der Waals surface area (Å²) in [5.41, 5.74) is 0. The molecule has 16 heavy (non-hydrogen) atoms. The summed E-state index contributed by atoms with van der Waals surface area (Å²) in [5.74, 6) is 0.0498. The highest BCUT2D eigenvalue weighted by Crippen LogP contribution is 1.86. The zero-order chi connectivity index (χ0) is 11.6. The minimum Gasteiger partial charge on any atom is -0.355 e. The lowest BCUT2D eigenvalue weighted by Gasteiger charge is -2.05. The van der Waals surface area contributed by atoms with Crippen LogP contribution in [0.1, 0.15) is 19.8 Å². The number of nitrogens with one attached hydrogen (secondary N) is 2. The van der Waals surface area contributed by atoms with E-state index in [0.717, 1.165) is 19.5 Å². The van der Waals surface area contributed by atoms with E-state index in [-0.39, 0.29) is 5.91 Å². The molecule has 0 atom stereocenters. The van der Waals surface area contributed by atoms with Crippen molar-refractivity contribution in [1.82, 2.24) is 25.6 Å². The largest absolute Gasteiger partial charge is 0.355 e. The average Bonchev–Trinajstić information content (AvgIpc) is 2.79. The Morgan fingerprint density at radius 1 is 1.38 bits per heavy atom. The zero-order valence-corrected chi connectivity index (χ0v) is 9.65. The highest BCUT2D eigenvalue weighted by atomic mass is 16.1. The second kappa shape index (κ2) is 7.81. The highest BCUT2D eigenvalue weighted by Gasteiger charge is 2.00. The Balaban J connectivity index is 1.99. The Kier molecular flexibility index (Phi) is 6.17. The summed E-state index contributed by atoms with van der Waals surface area (Å²) >= 11 is 0. The fraction of sp³-hybridized carbons (Fsp3) is 0.700. The number of carbonyl (C=O) groups excluding carboxylic acids is 1. The van der Waals surface area contributed by atoms with Gasteiger partial charge in [-0.15, -0.1) is 5.10 Å². The Bertz CT molecular complexity index is 285. The number of amides is 1. The molecule has 0 aromatic carbocycles. The standard InChI is InChI=1S/C10H19N5O/c1-2-4-11-5-6-12-10(16)3-8-15-9-7-13-14-15/h7,9,11H,2-6,8H2,1H3,(H,12,16). The number of aromatic nitrogens is 3. The maximum absolute atomic E-state index is 11.4. The summed E-state index contributed by atoms with van der Waals surface area (Å²) in [4.78, 5) is 11.4. The van der Waals surface area contributed by atoms with E-state index >= 15 is 0 Å². The van der Waals surface area contributed by atoms with E-state index in [1.165, 1.54) is 0 Å². The van der Waals surface area contributed by atoms with Gasteiger partial charge in [0, 0.05) is 25.7 Å². The first-order chi connectivity index (χ1) is 7.83. The normalized spacial score (nSPS) is 10.3. The highest BCUT2D eigenvalue weighted by molar-refractivity contribution is 5.75. The van der Waals surface area contributed by atoms with Crippen molar-refractivity contribution in [2.24, 2.45) is 0 Å². The number of aryl methyl sites for hydroxylation is 1. The fourth-order valence-corrected chi connectivity index (χ4v) is 1.25. The zero-order valence-electron chi connectivity index (χ0n) is 9.65. The molecule has 0 aliphatic rings. The van der Waals surface area contributed by atoms with E-state index in [1.54, 1.807) is 17.1 Å². The summed E-state index contributed by atoms with van der Waals surface area (Å²) in [5, 5.41) is 13.5. The number of nitrogens with zero attached hydrogens (tertiary/aromatic N) is 3. The topological polar surface area (TPSA) is 71.8 Å². The van der Waals surface area contributed by atoms with Crippen molar-refractivity contribution < 1.29 is 4.79 Å². The van der Waals surface area contributed by atoms with Crippen molar-refractivity contribution in [2.45, 2.75) is 26.3 Å². The number of hydrogen-bond acceptors (Lipinski definition) is 4. The predicted molar refractivity (Wildman–Crippen MR) is 60.8 cm³/mol. The molecular formula is C10H19N5O. The molecule has 6 nitrogen and oxygen atoms in total. The van der Waals surface area contributed by atoms with Crippen LogP contribution in [0.2, 0.25) is 0 Å². The fourth-order valence-electron chi connectivity index (χ4n) is 1.25. The van der Waals surface area contributed by atoms with E-state index in [0.29, 0.717) is 19.5 Å². The Labute approximate surface area is 95.4 Å². The summed E-state index contributed by atoms with van der Waals surface area (Å²) in [6, 6.07) is 0. The lowest BCUT2D eigenvalue weighted by molar-refractivity contribution is -0.121. The SMILES string of the molecule is CCCNCCNC(=O)CCn1ccnn1. The van der Waals surface area contributed by atoms with Gasteiger partial charge in [-0.2, -0.15) is 0 Å². The summed E-state index contributed by atoms with van der Waals surface area (Å²) in [6.45, 7) is 5.19. The van der Waals surface area contributed by atoms with Crippen LogP contribution in [0.25, 0.3) is 0 Å².